The van der Waals surface area contributed by atoms with Crippen LogP contribution in [0.5, 0.6) is 5.75 Å². The van der Waals surface area contributed by atoms with Gasteiger partial charge in [0.15, 0.2) is 6.10 Å². The topological polar surface area (TPSA) is 105 Å². The average Bonchev–Trinajstić information content (AvgIpc) is 2.61. The van der Waals surface area contributed by atoms with E-state index in [1.165, 1.54) is 11.8 Å². The van der Waals surface area contributed by atoms with Crippen molar-refractivity contribution in [2.75, 3.05) is 19.7 Å². The second kappa shape index (κ2) is 9.36. The van der Waals surface area contributed by atoms with Crippen LogP contribution >= 0.6 is 0 Å². The van der Waals surface area contributed by atoms with E-state index >= 15 is 0 Å². The molecule has 2 N–H and O–H groups in total. The molecule has 2 amide bonds. The second-order valence-electron chi connectivity index (χ2n) is 6.50. The van der Waals surface area contributed by atoms with Crippen molar-refractivity contribution in [2.24, 2.45) is 0 Å². The van der Waals surface area contributed by atoms with Gasteiger partial charge in [-0.2, -0.15) is 0 Å². The summed E-state index contributed by atoms with van der Waals surface area (Å²) in [6.45, 7) is 5.72. The summed E-state index contributed by atoms with van der Waals surface area (Å²) in [5, 5.41) is 12.0. The van der Waals surface area contributed by atoms with E-state index < -0.39 is 18.1 Å². The molecule has 2 rings (SSSR count). The number of benzene rings is 1. The number of rotatable bonds is 7. The first kappa shape index (κ1) is 20.7. The van der Waals surface area contributed by atoms with Crippen LogP contribution in [-0.2, 0) is 19.1 Å². The summed E-state index contributed by atoms with van der Waals surface area (Å²) in [5.74, 6) is -1.01. The molecule has 8 heteroatoms. The van der Waals surface area contributed by atoms with Crippen LogP contribution in [0.4, 0.5) is 0 Å². The van der Waals surface area contributed by atoms with Crippen molar-refractivity contribution >= 4 is 17.8 Å². The Balaban J connectivity index is 2.19. The van der Waals surface area contributed by atoms with Crippen LogP contribution in [0.3, 0.4) is 0 Å². The molecule has 1 aliphatic rings. The summed E-state index contributed by atoms with van der Waals surface area (Å²) < 4.78 is 11.0. The molecule has 1 saturated heterocycles. The smallest absolute Gasteiger partial charge is 0.334 e. The zero-order valence-electron chi connectivity index (χ0n) is 15.8. The molecule has 27 heavy (non-hydrogen) atoms. The van der Waals surface area contributed by atoms with E-state index in [1.54, 1.807) is 19.1 Å². The molecule has 0 radical (unpaired) electrons. The number of para-hydroxylation sites is 1. The highest BCUT2D eigenvalue weighted by Gasteiger charge is 2.33. The Bertz CT molecular complexity index is 693. The number of carboxylic acid groups (broad SMARTS) is 1. The molecular formula is C19H26N2O6. The number of morpholine rings is 1. The molecule has 0 aromatic heterocycles. The lowest BCUT2D eigenvalue weighted by atomic mass is 10.0. The van der Waals surface area contributed by atoms with E-state index in [1.807, 2.05) is 19.1 Å². The average molecular weight is 378 g/mol. The summed E-state index contributed by atoms with van der Waals surface area (Å²) in [7, 11) is 0. The monoisotopic (exact) mass is 378 g/mol. The van der Waals surface area contributed by atoms with Gasteiger partial charge in [-0.3, -0.25) is 9.59 Å². The molecule has 1 aromatic carbocycles. The zero-order valence-corrected chi connectivity index (χ0v) is 15.8. The van der Waals surface area contributed by atoms with Gasteiger partial charge in [0, 0.05) is 19.0 Å². The van der Waals surface area contributed by atoms with E-state index in [2.05, 4.69) is 5.32 Å². The van der Waals surface area contributed by atoms with Gasteiger partial charge < -0.3 is 24.8 Å². The van der Waals surface area contributed by atoms with Crippen LogP contribution in [0, 0.1) is 0 Å². The van der Waals surface area contributed by atoms with Crippen LogP contribution in [0.2, 0.25) is 0 Å². The lowest BCUT2D eigenvalue weighted by Gasteiger charge is -2.35. The third-order valence-corrected chi connectivity index (χ3v) is 4.24. The van der Waals surface area contributed by atoms with Gasteiger partial charge in [-0.1, -0.05) is 18.2 Å². The maximum Gasteiger partial charge on any atom is 0.334 e. The van der Waals surface area contributed by atoms with E-state index in [9.17, 15) is 19.5 Å². The van der Waals surface area contributed by atoms with Crippen molar-refractivity contribution in [2.45, 2.75) is 45.4 Å². The molecule has 8 nitrogen and oxygen atoms in total. The van der Waals surface area contributed by atoms with E-state index in [0.717, 1.165) is 0 Å². The van der Waals surface area contributed by atoms with Gasteiger partial charge in [0.1, 0.15) is 5.75 Å². The quantitative estimate of drug-likeness (QED) is 0.742. The van der Waals surface area contributed by atoms with Crippen LogP contribution < -0.4 is 10.1 Å². The molecule has 0 spiro atoms. The van der Waals surface area contributed by atoms with Crippen molar-refractivity contribution < 1.29 is 29.0 Å². The van der Waals surface area contributed by atoms with Crippen LogP contribution in [0.25, 0.3) is 0 Å². The summed E-state index contributed by atoms with van der Waals surface area (Å²) >= 11 is 0. The first-order valence-electron chi connectivity index (χ1n) is 8.96. The number of nitrogens with zero attached hydrogens (tertiary/aromatic N) is 1. The van der Waals surface area contributed by atoms with Crippen molar-refractivity contribution in [1.29, 1.82) is 0 Å². The maximum absolute atomic E-state index is 12.8. The van der Waals surface area contributed by atoms with Gasteiger partial charge in [0.05, 0.1) is 31.7 Å². The lowest BCUT2D eigenvalue weighted by molar-refractivity contribution is -0.166. The Hall–Kier alpha value is -2.61. The Morgan fingerprint density at radius 1 is 1.33 bits per heavy atom. The maximum atomic E-state index is 12.8. The third-order valence-electron chi connectivity index (χ3n) is 4.24. The number of amides is 2. The van der Waals surface area contributed by atoms with Gasteiger partial charge in [-0.05, 0) is 19.9 Å². The molecule has 148 valence electrons. The highest BCUT2D eigenvalue weighted by Crippen LogP contribution is 2.28. The first-order chi connectivity index (χ1) is 12.8. The number of carbonyl (C=O) groups is 3. The fourth-order valence-corrected chi connectivity index (χ4v) is 3.13. The normalized spacial score (nSPS) is 20.6. The van der Waals surface area contributed by atoms with Crippen molar-refractivity contribution in [3.63, 3.8) is 0 Å². The Morgan fingerprint density at radius 2 is 2.04 bits per heavy atom. The Morgan fingerprint density at radius 3 is 2.67 bits per heavy atom. The predicted octanol–water partition coefficient (Wildman–Crippen LogP) is 1.35. The minimum absolute atomic E-state index is 0.00271. The number of hydrogen-bond acceptors (Lipinski definition) is 5. The molecular weight excluding hydrogens is 352 g/mol. The van der Waals surface area contributed by atoms with E-state index in [0.29, 0.717) is 24.5 Å². The summed E-state index contributed by atoms with van der Waals surface area (Å²) in [4.78, 5) is 37.2. The SMILES string of the molecule is CCOc1ccccc1C(CC(=O)N1CC(C(=O)O)O[C@H](C)C1)NC(C)=O. The molecule has 1 heterocycles. The molecule has 0 aliphatic carbocycles. The van der Waals surface area contributed by atoms with E-state index in [4.69, 9.17) is 9.47 Å². The molecule has 0 saturated carbocycles. The lowest BCUT2D eigenvalue weighted by Crippen LogP contribution is -2.52. The van der Waals surface area contributed by atoms with Crippen LogP contribution in [0.1, 0.15) is 38.8 Å². The molecule has 1 aromatic rings. The van der Waals surface area contributed by atoms with Gasteiger partial charge >= 0.3 is 5.97 Å². The van der Waals surface area contributed by atoms with Crippen molar-refractivity contribution in [3.05, 3.63) is 29.8 Å². The minimum Gasteiger partial charge on any atom is -0.494 e. The summed E-state index contributed by atoms with van der Waals surface area (Å²) in [5.41, 5.74) is 0.707. The molecule has 3 atom stereocenters. The second-order valence-corrected chi connectivity index (χ2v) is 6.50. The van der Waals surface area contributed by atoms with E-state index in [-0.39, 0.29) is 30.9 Å². The standard InChI is InChI=1S/C19H26N2O6/c1-4-26-16-8-6-5-7-14(16)15(20-13(3)22)9-18(23)21-10-12(2)27-17(11-21)19(24)25/h5-8,12,15,17H,4,9-11H2,1-3H3,(H,20,22)(H,24,25)/t12-,15?,17?/m1/s1. The molecule has 0 bridgehead atoms. The Labute approximate surface area is 158 Å². The fourth-order valence-electron chi connectivity index (χ4n) is 3.13. The number of nitrogens with one attached hydrogen (secondary N) is 1. The highest BCUT2D eigenvalue weighted by molar-refractivity contribution is 5.81. The number of carboxylic acids is 1. The molecule has 1 aliphatic heterocycles. The number of hydrogen-bond donors (Lipinski definition) is 2. The Kier molecular flexibility index (Phi) is 7.18. The van der Waals surface area contributed by atoms with Crippen molar-refractivity contribution in [3.8, 4) is 5.75 Å². The minimum atomic E-state index is -1.10. The number of ether oxygens (including phenoxy) is 2. The zero-order chi connectivity index (χ0) is 20.0. The first-order valence-corrected chi connectivity index (χ1v) is 8.96. The summed E-state index contributed by atoms with van der Waals surface area (Å²) in [6, 6.07) is 6.66. The third kappa shape index (κ3) is 5.68. The van der Waals surface area contributed by atoms with Crippen LogP contribution in [-0.4, -0.2) is 59.7 Å². The van der Waals surface area contributed by atoms with Gasteiger partial charge in [0.25, 0.3) is 0 Å². The molecule has 2 unspecified atom stereocenters. The van der Waals surface area contributed by atoms with Crippen LogP contribution in [0.15, 0.2) is 24.3 Å². The number of aliphatic carboxylic acids is 1. The van der Waals surface area contributed by atoms with Gasteiger partial charge in [-0.25, -0.2) is 4.79 Å². The summed E-state index contributed by atoms with van der Waals surface area (Å²) in [6.07, 6.45) is -1.42. The van der Waals surface area contributed by atoms with Gasteiger partial charge in [0.2, 0.25) is 11.8 Å². The largest absolute Gasteiger partial charge is 0.494 e. The van der Waals surface area contributed by atoms with Crippen molar-refractivity contribution in [1.82, 2.24) is 10.2 Å². The molecule has 1 fully saturated rings. The fraction of sp³-hybridized carbons (Fsp3) is 0.526. The number of carbonyl (C=O) groups excluding carboxylic acids is 2. The highest BCUT2D eigenvalue weighted by atomic mass is 16.5. The van der Waals surface area contributed by atoms with Gasteiger partial charge in [-0.15, -0.1) is 0 Å². The predicted molar refractivity (Wildman–Crippen MR) is 97.3 cm³/mol.